The molecule has 100 valence electrons. The number of aliphatic hydroxyl groups excluding tert-OH is 1. The molecule has 1 atom stereocenters. The smallest absolute Gasteiger partial charge is 0.265 e. The van der Waals surface area contributed by atoms with E-state index in [4.69, 9.17) is 11.6 Å². The van der Waals surface area contributed by atoms with Gasteiger partial charge in [0, 0.05) is 17.2 Å². The fourth-order valence-corrected chi connectivity index (χ4v) is 2.94. The molecule has 0 aromatic heterocycles. The summed E-state index contributed by atoms with van der Waals surface area (Å²) < 4.78 is 28.7. The van der Waals surface area contributed by atoms with Gasteiger partial charge in [0.1, 0.15) is 0 Å². The Morgan fingerprint density at radius 2 is 2.11 bits per heavy atom. The van der Waals surface area contributed by atoms with E-state index in [-0.39, 0.29) is 22.1 Å². The highest BCUT2D eigenvalue weighted by molar-refractivity contribution is 7.91. The number of benzene rings is 1. The number of ketones is 1. The normalized spacial score (nSPS) is 13.3. The van der Waals surface area contributed by atoms with Crippen molar-refractivity contribution in [1.29, 1.82) is 0 Å². The zero-order valence-electron chi connectivity index (χ0n) is 9.88. The van der Waals surface area contributed by atoms with Gasteiger partial charge in [-0.25, -0.2) is 8.42 Å². The van der Waals surface area contributed by atoms with Crippen molar-refractivity contribution in [3.8, 4) is 0 Å². The van der Waals surface area contributed by atoms with Crippen LogP contribution in [0.1, 0.15) is 24.2 Å². The first-order valence-corrected chi connectivity index (χ1v) is 7.07. The third-order valence-electron chi connectivity index (χ3n) is 2.20. The molecule has 0 aliphatic carbocycles. The van der Waals surface area contributed by atoms with Gasteiger partial charge in [-0.05, 0) is 32.0 Å². The van der Waals surface area contributed by atoms with Gasteiger partial charge >= 0.3 is 0 Å². The van der Waals surface area contributed by atoms with Gasteiger partial charge in [-0.15, -0.1) is 0 Å². The van der Waals surface area contributed by atoms with Crippen molar-refractivity contribution in [2.24, 2.45) is 0 Å². The monoisotopic (exact) mass is 292 g/mol. The predicted octanol–water partition coefficient (Wildman–Crippen LogP) is 1.63. The van der Waals surface area contributed by atoms with Crippen LogP contribution in [-0.4, -0.2) is 31.5 Å². The lowest BCUT2D eigenvalue weighted by Gasteiger charge is -2.14. The fourth-order valence-electron chi connectivity index (χ4n) is 1.36. The number of aliphatic hydroxyl groups is 1. The van der Waals surface area contributed by atoms with E-state index in [1.807, 2.05) is 0 Å². The van der Waals surface area contributed by atoms with Crippen molar-refractivity contribution < 1.29 is 23.1 Å². The lowest BCUT2D eigenvalue weighted by molar-refractivity contribution is -0.0336. The maximum Gasteiger partial charge on any atom is 0.265 e. The van der Waals surface area contributed by atoms with E-state index in [0.29, 0.717) is 0 Å². The first-order valence-electron chi connectivity index (χ1n) is 5.14. The van der Waals surface area contributed by atoms with Crippen LogP contribution in [0.25, 0.3) is 0 Å². The molecule has 0 bridgehead atoms. The third-order valence-corrected chi connectivity index (χ3v) is 4.06. The SMILES string of the molecule is CCOC(O)S(=O)(=O)c1cc(Cl)ccc1C(C)=O. The maximum absolute atomic E-state index is 12.0. The van der Waals surface area contributed by atoms with Crippen LogP contribution in [0.2, 0.25) is 5.02 Å². The van der Waals surface area contributed by atoms with Crippen LogP contribution in [0, 0.1) is 0 Å². The van der Waals surface area contributed by atoms with Crippen LogP contribution in [0.4, 0.5) is 0 Å². The lowest BCUT2D eigenvalue weighted by atomic mass is 10.1. The molecule has 0 aliphatic heterocycles. The standard InChI is InChI=1S/C11H13ClO5S/c1-3-17-11(14)18(15,16)10-6-8(12)4-5-9(10)7(2)13/h4-6,11,14H,3H2,1-2H3. The van der Waals surface area contributed by atoms with Crippen LogP contribution >= 0.6 is 11.6 Å². The number of halogens is 1. The van der Waals surface area contributed by atoms with E-state index >= 15 is 0 Å². The summed E-state index contributed by atoms with van der Waals surface area (Å²) in [6.45, 7) is 2.80. The summed E-state index contributed by atoms with van der Waals surface area (Å²) in [4.78, 5) is 11.0. The van der Waals surface area contributed by atoms with Gasteiger partial charge in [0.05, 0.1) is 4.90 Å². The molecular weight excluding hydrogens is 280 g/mol. The highest BCUT2D eigenvalue weighted by Crippen LogP contribution is 2.24. The van der Waals surface area contributed by atoms with Crippen molar-refractivity contribution in [3.63, 3.8) is 0 Å². The van der Waals surface area contributed by atoms with Gasteiger partial charge in [0.15, 0.2) is 5.78 Å². The Labute approximate surface area is 110 Å². The van der Waals surface area contributed by atoms with Crippen LogP contribution in [0.3, 0.4) is 0 Å². The van der Waals surface area contributed by atoms with Crippen molar-refractivity contribution in [2.75, 3.05) is 6.61 Å². The number of carbonyl (C=O) groups is 1. The minimum Gasteiger partial charge on any atom is -0.356 e. The van der Waals surface area contributed by atoms with Crippen molar-refractivity contribution >= 4 is 27.2 Å². The van der Waals surface area contributed by atoms with Gasteiger partial charge in [-0.2, -0.15) is 0 Å². The van der Waals surface area contributed by atoms with Gasteiger partial charge in [0.25, 0.3) is 5.62 Å². The topological polar surface area (TPSA) is 80.7 Å². The van der Waals surface area contributed by atoms with Crippen molar-refractivity contribution in [1.82, 2.24) is 0 Å². The molecule has 0 saturated heterocycles. The summed E-state index contributed by atoms with van der Waals surface area (Å²) in [5.74, 6) is -0.436. The zero-order chi connectivity index (χ0) is 13.9. The first-order chi connectivity index (χ1) is 8.30. The van der Waals surface area contributed by atoms with E-state index in [9.17, 15) is 18.3 Å². The average molecular weight is 293 g/mol. The first kappa shape index (κ1) is 15.1. The summed E-state index contributed by atoms with van der Waals surface area (Å²) in [7, 11) is -4.17. The quantitative estimate of drug-likeness (QED) is 0.659. The molecule has 0 heterocycles. The number of carbonyl (C=O) groups excluding carboxylic acids is 1. The van der Waals surface area contributed by atoms with Crippen molar-refractivity contribution in [2.45, 2.75) is 24.4 Å². The molecule has 0 saturated carbocycles. The molecule has 5 nitrogen and oxygen atoms in total. The molecule has 1 aromatic carbocycles. The molecule has 1 rings (SSSR count). The molecule has 1 unspecified atom stereocenters. The minimum absolute atomic E-state index is 0.0242. The minimum atomic E-state index is -4.17. The summed E-state index contributed by atoms with van der Waals surface area (Å²) in [5.41, 5.74) is -2.04. The number of ether oxygens (including phenoxy) is 1. The number of sulfone groups is 1. The Hall–Kier alpha value is -0.950. The summed E-state index contributed by atoms with van der Waals surface area (Å²) in [6, 6.07) is 3.83. The second-order valence-electron chi connectivity index (χ2n) is 3.50. The van der Waals surface area contributed by atoms with Crippen LogP contribution in [0.15, 0.2) is 23.1 Å². The number of hydrogen-bond donors (Lipinski definition) is 1. The Morgan fingerprint density at radius 1 is 1.50 bits per heavy atom. The summed E-state index contributed by atoms with van der Waals surface area (Å²) >= 11 is 5.71. The molecule has 18 heavy (non-hydrogen) atoms. The number of Topliss-reactive ketones (excluding diaryl/α,β-unsaturated/α-hetero) is 1. The molecule has 1 N–H and O–H groups in total. The third kappa shape index (κ3) is 3.08. The predicted molar refractivity (Wildman–Crippen MR) is 66.3 cm³/mol. The van der Waals surface area contributed by atoms with Crippen LogP contribution in [-0.2, 0) is 14.6 Å². The molecule has 0 amide bonds. The summed E-state index contributed by atoms with van der Waals surface area (Å²) in [6.07, 6.45) is 0. The van der Waals surface area contributed by atoms with Gasteiger partial charge in [-0.3, -0.25) is 4.79 Å². The van der Waals surface area contributed by atoms with Gasteiger partial charge in [0.2, 0.25) is 9.84 Å². The molecule has 0 spiro atoms. The molecule has 0 aliphatic rings. The van der Waals surface area contributed by atoms with E-state index in [0.717, 1.165) is 6.07 Å². The molecular formula is C11H13ClO5S. The van der Waals surface area contributed by atoms with Crippen LogP contribution in [0.5, 0.6) is 0 Å². The number of rotatable bonds is 5. The lowest BCUT2D eigenvalue weighted by Crippen LogP contribution is -2.25. The van der Waals surface area contributed by atoms with E-state index in [1.165, 1.54) is 19.1 Å². The molecule has 0 fully saturated rings. The second kappa shape index (κ2) is 5.79. The Bertz CT molecular complexity index is 553. The maximum atomic E-state index is 12.0. The van der Waals surface area contributed by atoms with E-state index in [1.54, 1.807) is 6.92 Å². The average Bonchev–Trinajstić information content (AvgIpc) is 2.28. The summed E-state index contributed by atoms with van der Waals surface area (Å²) in [5, 5.41) is 9.62. The molecule has 1 aromatic rings. The second-order valence-corrected chi connectivity index (χ2v) is 5.87. The molecule has 0 radical (unpaired) electrons. The Morgan fingerprint density at radius 3 is 2.61 bits per heavy atom. The highest BCUT2D eigenvalue weighted by Gasteiger charge is 2.29. The largest absolute Gasteiger partial charge is 0.356 e. The Kier molecular flexibility index (Phi) is 4.86. The van der Waals surface area contributed by atoms with Crippen LogP contribution < -0.4 is 0 Å². The number of hydrogen-bond acceptors (Lipinski definition) is 5. The van der Waals surface area contributed by atoms with E-state index in [2.05, 4.69) is 4.74 Å². The van der Waals surface area contributed by atoms with Crippen molar-refractivity contribution in [3.05, 3.63) is 28.8 Å². The molecule has 7 heteroatoms. The zero-order valence-corrected chi connectivity index (χ0v) is 11.5. The van der Waals surface area contributed by atoms with Gasteiger partial charge < -0.3 is 9.84 Å². The Balaban J connectivity index is 3.39. The van der Waals surface area contributed by atoms with E-state index < -0.39 is 21.2 Å². The fraction of sp³-hybridized carbons (Fsp3) is 0.364. The highest BCUT2D eigenvalue weighted by atomic mass is 35.5. The van der Waals surface area contributed by atoms with Gasteiger partial charge in [-0.1, -0.05) is 11.6 Å².